The highest BCUT2D eigenvalue weighted by Crippen LogP contribution is 2.15. The molecule has 0 unspecified atom stereocenters. The van der Waals surface area contributed by atoms with Crippen molar-refractivity contribution in [2.45, 2.75) is 19.1 Å². The van der Waals surface area contributed by atoms with Gasteiger partial charge in [-0.05, 0) is 24.6 Å². The zero-order valence-corrected chi connectivity index (χ0v) is 12.0. The molecule has 19 heavy (non-hydrogen) atoms. The number of amides is 1. The number of rotatable bonds is 7. The van der Waals surface area contributed by atoms with Crippen LogP contribution in [0.3, 0.4) is 0 Å². The lowest BCUT2D eigenvalue weighted by atomic mass is 10.2. The summed E-state index contributed by atoms with van der Waals surface area (Å²) in [5.41, 5.74) is 0.662. The normalized spacial score (nSPS) is 11.1. The van der Waals surface area contributed by atoms with Gasteiger partial charge in [-0.3, -0.25) is 4.79 Å². The van der Waals surface area contributed by atoms with Gasteiger partial charge in [-0.2, -0.15) is 0 Å². The van der Waals surface area contributed by atoms with Gasteiger partial charge in [0, 0.05) is 13.0 Å². The highest BCUT2D eigenvalue weighted by atomic mass is 32.2. The average Bonchev–Trinajstić information content (AvgIpc) is 2.37. The summed E-state index contributed by atoms with van der Waals surface area (Å²) >= 11 is 0. The standard InChI is InChI=1S/C13H19NO4S/c1-3-14-13(15)7-8-19(16,17)10-11-5-4-6-12(9-11)18-2/h4-6,9H,3,7-8,10H2,1-2H3,(H,14,15). The summed E-state index contributed by atoms with van der Waals surface area (Å²) in [7, 11) is -1.76. The lowest BCUT2D eigenvalue weighted by Gasteiger charge is -2.06. The van der Waals surface area contributed by atoms with Crippen molar-refractivity contribution in [3.63, 3.8) is 0 Å². The first-order valence-corrected chi connectivity index (χ1v) is 7.89. The highest BCUT2D eigenvalue weighted by Gasteiger charge is 2.14. The Morgan fingerprint density at radius 3 is 2.74 bits per heavy atom. The van der Waals surface area contributed by atoms with Crippen LogP contribution in [0.4, 0.5) is 0 Å². The largest absolute Gasteiger partial charge is 0.497 e. The summed E-state index contributed by atoms with van der Waals surface area (Å²) < 4.78 is 28.8. The predicted molar refractivity (Wildman–Crippen MR) is 73.8 cm³/mol. The van der Waals surface area contributed by atoms with E-state index in [2.05, 4.69) is 5.32 Å². The van der Waals surface area contributed by atoms with Gasteiger partial charge in [-0.1, -0.05) is 12.1 Å². The fraction of sp³-hybridized carbons (Fsp3) is 0.462. The van der Waals surface area contributed by atoms with Crippen molar-refractivity contribution in [2.75, 3.05) is 19.4 Å². The van der Waals surface area contributed by atoms with Crippen LogP contribution < -0.4 is 10.1 Å². The van der Waals surface area contributed by atoms with Crippen LogP contribution in [0.2, 0.25) is 0 Å². The Morgan fingerprint density at radius 2 is 2.11 bits per heavy atom. The number of ether oxygens (including phenoxy) is 1. The molecule has 0 radical (unpaired) electrons. The van der Waals surface area contributed by atoms with E-state index < -0.39 is 9.84 Å². The molecule has 0 aliphatic rings. The third-order valence-corrected chi connectivity index (χ3v) is 4.13. The molecular formula is C13H19NO4S. The summed E-state index contributed by atoms with van der Waals surface area (Å²) in [6, 6.07) is 6.91. The zero-order valence-electron chi connectivity index (χ0n) is 11.2. The van der Waals surface area contributed by atoms with Crippen molar-refractivity contribution in [1.29, 1.82) is 0 Å². The maximum atomic E-state index is 11.9. The fourth-order valence-corrected chi connectivity index (χ4v) is 2.95. The van der Waals surface area contributed by atoms with E-state index >= 15 is 0 Å². The molecule has 1 N–H and O–H groups in total. The van der Waals surface area contributed by atoms with Crippen molar-refractivity contribution in [1.82, 2.24) is 5.32 Å². The van der Waals surface area contributed by atoms with E-state index in [0.29, 0.717) is 17.9 Å². The van der Waals surface area contributed by atoms with Gasteiger partial charge in [0.1, 0.15) is 5.75 Å². The Bertz CT molecular complexity index is 525. The summed E-state index contributed by atoms with van der Waals surface area (Å²) in [5.74, 6) is 0.160. The van der Waals surface area contributed by atoms with Gasteiger partial charge in [0.2, 0.25) is 5.91 Å². The van der Waals surface area contributed by atoms with E-state index in [1.165, 1.54) is 7.11 Å². The van der Waals surface area contributed by atoms with Crippen LogP contribution in [-0.4, -0.2) is 33.7 Å². The molecule has 5 nitrogen and oxygen atoms in total. The fourth-order valence-electron chi connectivity index (χ4n) is 1.62. The number of hydrogen-bond acceptors (Lipinski definition) is 4. The third-order valence-electron chi connectivity index (χ3n) is 2.53. The Kier molecular flexibility index (Phi) is 5.82. The quantitative estimate of drug-likeness (QED) is 0.815. The first-order chi connectivity index (χ1) is 8.96. The van der Waals surface area contributed by atoms with Crippen molar-refractivity contribution in [2.24, 2.45) is 0 Å². The maximum absolute atomic E-state index is 11.9. The van der Waals surface area contributed by atoms with Gasteiger partial charge in [0.05, 0.1) is 18.6 Å². The molecule has 1 aromatic carbocycles. The molecule has 1 aromatic rings. The van der Waals surface area contributed by atoms with E-state index in [1.807, 2.05) is 0 Å². The molecule has 0 bridgehead atoms. The van der Waals surface area contributed by atoms with Crippen LogP contribution in [0.15, 0.2) is 24.3 Å². The molecule has 0 saturated carbocycles. The van der Waals surface area contributed by atoms with Crippen LogP contribution in [0.25, 0.3) is 0 Å². The minimum atomic E-state index is -3.29. The van der Waals surface area contributed by atoms with E-state index in [9.17, 15) is 13.2 Å². The molecular weight excluding hydrogens is 266 g/mol. The number of carbonyl (C=O) groups excluding carboxylic acids is 1. The number of methoxy groups -OCH3 is 1. The monoisotopic (exact) mass is 285 g/mol. The lowest BCUT2D eigenvalue weighted by molar-refractivity contribution is -0.120. The van der Waals surface area contributed by atoms with Crippen LogP contribution in [0.1, 0.15) is 18.9 Å². The second-order valence-corrected chi connectivity index (χ2v) is 6.33. The maximum Gasteiger partial charge on any atom is 0.221 e. The smallest absolute Gasteiger partial charge is 0.221 e. The van der Waals surface area contributed by atoms with Gasteiger partial charge < -0.3 is 10.1 Å². The van der Waals surface area contributed by atoms with Crippen LogP contribution >= 0.6 is 0 Å². The second kappa shape index (κ2) is 7.13. The molecule has 0 heterocycles. The van der Waals surface area contributed by atoms with Crippen LogP contribution in [0, 0.1) is 0 Å². The minimum absolute atomic E-state index is 0.000141. The third kappa shape index (κ3) is 5.74. The first kappa shape index (κ1) is 15.5. The van der Waals surface area contributed by atoms with Crippen molar-refractivity contribution < 1.29 is 17.9 Å². The SMILES string of the molecule is CCNC(=O)CCS(=O)(=O)Cc1cccc(OC)c1. The molecule has 106 valence electrons. The van der Waals surface area contributed by atoms with Gasteiger partial charge in [-0.15, -0.1) is 0 Å². The number of hydrogen-bond donors (Lipinski definition) is 1. The van der Waals surface area contributed by atoms with Crippen LogP contribution in [0.5, 0.6) is 5.75 Å². The van der Waals surface area contributed by atoms with Gasteiger partial charge in [0.25, 0.3) is 0 Å². The summed E-state index contributed by atoms with van der Waals surface area (Å²) in [6.45, 7) is 2.30. The molecule has 1 amide bonds. The molecule has 0 aromatic heterocycles. The van der Waals surface area contributed by atoms with Crippen molar-refractivity contribution >= 4 is 15.7 Å². The molecule has 0 atom stereocenters. The first-order valence-electron chi connectivity index (χ1n) is 6.07. The van der Waals surface area contributed by atoms with E-state index in [4.69, 9.17) is 4.74 Å². The molecule has 0 spiro atoms. The molecule has 0 fully saturated rings. The Morgan fingerprint density at radius 1 is 1.37 bits per heavy atom. The second-order valence-electron chi connectivity index (χ2n) is 4.15. The topological polar surface area (TPSA) is 72.5 Å². The number of sulfone groups is 1. The molecule has 0 aliphatic heterocycles. The van der Waals surface area contributed by atoms with E-state index in [-0.39, 0.29) is 23.8 Å². The highest BCUT2D eigenvalue weighted by molar-refractivity contribution is 7.90. The van der Waals surface area contributed by atoms with Crippen molar-refractivity contribution in [3.8, 4) is 5.75 Å². The molecule has 6 heteroatoms. The summed E-state index contributed by atoms with van der Waals surface area (Å²) in [6.07, 6.45) is 0.000141. The van der Waals surface area contributed by atoms with E-state index in [0.717, 1.165) is 0 Å². The average molecular weight is 285 g/mol. The van der Waals surface area contributed by atoms with Crippen LogP contribution in [-0.2, 0) is 20.4 Å². The van der Waals surface area contributed by atoms with Crippen molar-refractivity contribution in [3.05, 3.63) is 29.8 Å². The molecule has 1 rings (SSSR count). The van der Waals surface area contributed by atoms with Gasteiger partial charge >= 0.3 is 0 Å². The van der Waals surface area contributed by atoms with Gasteiger partial charge in [0.15, 0.2) is 9.84 Å². The Balaban J connectivity index is 2.61. The molecule has 0 saturated heterocycles. The minimum Gasteiger partial charge on any atom is -0.497 e. The zero-order chi connectivity index (χ0) is 14.3. The lowest BCUT2D eigenvalue weighted by Crippen LogP contribution is -2.25. The Hall–Kier alpha value is -1.56. The summed E-state index contributed by atoms with van der Waals surface area (Å²) in [5, 5.41) is 2.58. The Labute approximate surface area is 113 Å². The number of nitrogens with one attached hydrogen (secondary N) is 1. The number of carbonyl (C=O) groups is 1. The predicted octanol–water partition coefficient (Wildman–Crippen LogP) is 1.14. The summed E-state index contributed by atoms with van der Waals surface area (Å²) in [4.78, 5) is 11.2. The van der Waals surface area contributed by atoms with Gasteiger partial charge in [-0.25, -0.2) is 8.42 Å². The molecule has 0 aliphatic carbocycles. The number of benzene rings is 1. The van der Waals surface area contributed by atoms with E-state index in [1.54, 1.807) is 31.2 Å².